The number of ether oxygens (including phenoxy) is 2. The largest absolute Gasteiger partial charge is 0.436 e. The molecule has 0 spiro atoms. The summed E-state index contributed by atoms with van der Waals surface area (Å²) in [7, 11) is 0. The van der Waals surface area contributed by atoms with Crippen molar-refractivity contribution >= 4 is 5.97 Å². The second-order valence-electron chi connectivity index (χ2n) is 6.80. The zero-order valence-electron chi connectivity index (χ0n) is 16.1. The summed E-state index contributed by atoms with van der Waals surface area (Å²) in [6.07, 6.45) is 15.2. The monoisotopic (exact) mass is 328 g/mol. The summed E-state index contributed by atoms with van der Waals surface area (Å²) in [5, 5.41) is 0. The Labute approximate surface area is 144 Å². The molecule has 1 atom stereocenters. The van der Waals surface area contributed by atoms with Crippen LogP contribution in [-0.2, 0) is 14.3 Å². The van der Waals surface area contributed by atoms with E-state index in [1.165, 1.54) is 57.8 Å². The van der Waals surface area contributed by atoms with E-state index in [0.29, 0.717) is 12.8 Å². The molecule has 138 valence electrons. The van der Waals surface area contributed by atoms with Crippen molar-refractivity contribution in [3.63, 3.8) is 0 Å². The van der Waals surface area contributed by atoms with Crippen LogP contribution in [0.4, 0.5) is 0 Å². The van der Waals surface area contributed by atoms with Gasteiger partial charge in [-0.25, -0.2) is 0 Å². The summed E-state index contributed by atoms with van der Waals surface area (Å²) in [6.45, 7) is 8.15. The van der Waals surface area contributed by atoms with E-state index in [-0.39, 0.29) is 18.4 Å². The maximum atomic E-state index is 11.8. The number of unbranched alkanes of at least 4 members (excludes halogenated alkanes) is 10. The standard InChI is InChI=1S/C20H40O3/c1-5-7-8-9-10-11-12-13-14-15-16-17-19(21)23-20(6-2)22-18(3)4/h18,20H,5-17H2,1-4H3. The molecule has 0 aromatic heterocycles. The smallest absolute Gasteiger partial charge is 0.308 e. The number of carbonyl (C=O) groups is 1. The van der Waals surface area contributed by atoms with Gasteiger partial charge in [-0.1, -0.05) is 78.1 Å². The number of rotatable bonds is 16. The molecule has 0 saturated carbocycles. The van der Waals surface area contributed by atoms with Gasteiger partial charge in [0.2, 0.25) is 6.29 Å². The van der Waals surface area contributed by atoms with Crippen LogP contribution in [0, 0.1) is 0 Å². The molecule has 0 aromatic carbocycles. The molecular formula is C20H40O3. The van der Waals surface area contributed by atoms with Crippen molar-refractivity contribution in [2.75, 3.05) is 0 Å². The summed E-state index contributed by atoms with van der Waals surface area (Å²) >= 11 is 0. The third-order valence-electron chi connectivity index (χ3n) is 4.00. The van der Waals surface area contributed by atoms with Crippen LogP contribution < -0.4 is 0 Å². The van der Waals surface area contributed by atoms with E-state index >= 15 is 0 Å². The Morgan fingerprint density at radius 1 is 0.783 bits per heavy atom. The van der Waals surface area contributed by atoms with E-state index < -0.39 is 0 Å². The molecule has 0 saturated heterocycles. The highest BCUT2D eigenvalue weighted by Crippen LogP contribution is 2.13. The van der Waals surface area contributed by atoms with Crippen molar-refractivity contribution in [1.82, 2.24) is 0 Å². The molecule has 0 aliphatic carbocycles. The van der Waals surface area contributed by atoms with E-state index in [4.69, 9.17) is 9.47 Å². The zero-order chi connectivity index (χ0) is 17.3. The lowest BCUT2D eigenvalue weighted by Gasteiger charge is -2.19. The second-order valence-corrected chi connectivity index (χ2v) is 6.80. The minimum absolute atomic E-state index is 0.0923. The molecule has 0 N–H and O–H groups in total. The van der Waals surface area contributed by atoms with E-state index in [9.17, 15) is 4.79 Å². The third kappa shape index (κ3) is 16.1. The number of esters is 1. The molecule has 0 aliphatic rings. The lowest BCUT2D eigenvalue weighted by atomic mass is 10.1. The van der Waals surface area contributed by atoms with Crippen LogP contribution in [0.1, 0.15) is 111 Å². The SMILES string of the molecule is CCCCCCCCCCCCCC(=O)OC(CC)OC(C)C. The predicted molar refractivity (Wildman–Crippen MR) is 97.5 cm³/mol. The fraction of sp³-hybridized carbons (Fsp3) is 0.950. The Kier molecular flexibility index (Phi) is 15.9. The molecular weight excluding hydrogens is 288 g/mol. The van der Waals surface area contributed by atoms with Gasteiger partial charge in [0.05, 0.1) is 6.10 Å². The summed E-state index contributed by atoms with van der Waals surface area (Å²) in [5.41, 5.74) is 0. The van der Waals surface area contributed by atoms with Gasteiger partial charge in [-0.2, -0.15) is 0 Å². The van der Waals surface area contributed by atoms with Crippen LogP contribution in [0.5, 0.6) is 0 Å². The topological polar surface area (TPSA) is 35.5 Å². The van der Waals surface area contributed by atoms with Gasteiger partial charge in [-0.15, -0.1) is 0 Å². The zero-order valence-corrected chi connectivity index (χ0v) is 16.1. The first-order chi connectivity index (χ1) is 11.1. The molecule has 0 radical (unpaired) electrons. The summed E-state index contributed by atoms with van der Waals surface area (Å²) in [4.78, 5) is 11.8. The van der Waals surface area contributed by atoms with Crippen LogP contribution in [0.25, 0.3) is 0 Å². The average molecular weight is 329 g/mol. The average Bonchev–Trinajstić information content (AvgIpc) is 2.51. The molecule has 3 heteroatoms. The highest BCUT2D eigenvalue weighted by atomic mass is 16.7. The van der Waals surface area contributed by atoms with E-state index in [0.717, 1.165) is 12.8 Å². The Bertz CT molecular complexity index is 264. The highest BCUT2D eigenvalue weighted by molar-refractivity contribution is 5.69. The summed E-state index contributed by atoms with van der Waals surface area (Å²) in [6, 6.07) is 0. The molecule has 3 nitrogen and oxygen atoms in total. The summed E-state index contributed by atoms with van der Waals surface area (Å²) < 4.78 is 10.9. The van der Waals surface area contributed by atoms with Crippen LogP contribution in [0.15, 0.2) is 0 Å². The van der Waals surface area contributed by atoms with Crippen molar-refractivity contribution in [3.05, 3.63) is 0 Å². The van der Waals surface area contributed by atoms with Gasteiger partial charge < -0.3 is 9.47 Å². The molecule has 1 unspecified atom stereocenters. The molecule has 0 aromatic rings. The quantitative estimate of drug-likeness (QED) is 0.187. The van der Waals surface area contributed by atoms with Crippen LogP contribution in [-0.4, -0.2) is 18.4 Å². The number of hydrogen-bond donors (Lipinski definition) is 0. The number of hydrogen-bond acceptors (Lipinski definition) is 3. The Morgan fingerprint density at radius 2 is 1.26 bits per heavy atom. The lowest BCUT2D eigenvalue weighted by molar-refractivity contribution is -0.187. The lowest BCUT2D eigenvalue weighted by Crippen LogP contribution is -2.23. The minimum atomic E-state index is -0.379. The Morgan fingerprint density at radius 3 is 1.70 bits per heavy atom. The number of carbonyl (C=O) groups excluding carboxylic acids is 1. The van der Waals surface area contributed by atoms with Crippen LogP contribution in [0.3, 0.4) is 0 Å². The van der Waals surface area contributed by atoms with Crippen molar-refractivity contribution < 1.29 is 14.3 Å². The first kappa shape index (κ1) is 22.4. The van der Waals surface area contributed by atoms with E-state index in [1.807, 2.05) is 20.8 Å². The Hall–Kier alpha value is -0.570. The van der Waals surface area contributed by atoms with E-state index in [2.05, 4.69) is 6.92 Å². The van der Waals surface area contributed by atoms with Gasteiger partial charge >= 0.3 is 5.97 Å². The molecule has 0 heterocycles. The molecule has 0 aliphatic heterocycles. The summed E-state index contributed by atoms with van der Waals surface area (Å²) in [5.74, 6) is -0.117. The third-order valence-corrected chi connectivity index (χ3v) is 4.00. The molecule has 0 amide bonds. The van der Waals surface area contributed by atoms with Crippen LogP contribution >= 0.6 is 0 Å². The molecule has 0 rings (SSSR count). The fourth-order valence-electron chi connectivity index (χ4n) is 2.65. The first-order valence-corrected chi connectivity index (χ1v) is 9.95. The fourth-order valence-corrected chi connectivity index (χ4v) is 2.65. The van der Waals surface area contributed by atoms with E-state index in [1.54, 1.807) is 0 Å². The second kappa shape index (κ2) is 16.3. The minimum Gasteiger partial charge on any atom is -0.436 e. The van der Waals surface area contributed by atoms with Gasteiger partial charge in [0.1, 0.15) is 0 Å². The van der Waals surface area contributed by atoms with Gasteiger partial charge in [-0.3, -0.25) is 4.79 Å². The molecule has 23 heavy (non-hydrogen) atoms. The van der Waals surface area contributed by atoms with Crippen molar-refractivity contribution in [1.29, 1.82) is 0 Å². The Balaban J connectivity index is 3.38. The predicted octanol–water partition coefficient (Wildman–Crippen LogP) is 6.39. The van der Waals surface area contributed by atoms with Gasteiger partial charge in [0.15, 0.2) is 0 Å². The maximum absolute atomic E-state index is 11.8. The maximum Gasteiger partial charge on any atom is 0.308 e. The molecule has 0 fully saturated rings. The van der Waals surface area contributed by atoms with Gasteiger partial charge in [0, 0.05) is 12.8 Å². The van der Waals surface area contributed by atoms with Gasteiger partial charge in [-0.05, 0) is 20.3 Å². The first-order valence-electron chi connectivity index (χ1n) is 9.95. The molecule has 0 bridgehead atoms. The van der Waals surface area contributed by atoms with Gasteiger partial charge in [0.25, 0.3) is 0 Å². The normalized spacial score (nSPS) is 12.6. The van der Waals surface area contributed by atoms with Crippen molar-refractivity contribution in [2.45, 2.75) is 124 Å². The van der Waals surface area contributed by atoms with Crippen molar-refractivity contribution in [2.24, 2.45) is 0 Å². The highest BCUT2D eigenvalue weighted by Gasteiger charge is 2.13. The van der Waals surface area contributed by atoms with Crippen LogP contribution in [0.2, 0.25) is 0 Å². The van der Waals surface area contributed by atoms with Crippen molar-refractivity contribution in [3.8, 4) is 0 Å².